The third kappa shape index (κ3) is 2.16. The van der Waals surface area contributed by atoms with E-state index in [0.717, 1.165) is 23.5 Å². The van der Waals surface area contributed by atoms with E-state index in [4.69, 9.17) is 0 Å². The molecule has 16 heavy (non-hydrogen) atoms. The van der Waals surface area contributed by atoms with Crippen LogP contribution in [0.4, 0.5) is 0 Å². The second-order valence-electron chi connectivity index (χ2n) is 3.51. The largest absolute Gasteiger partial charge is 0.266 e. The van der Waals surface area contributed by atoms with Crippen LogP contribution in [0.15, 0.2) is 30.6 Å². The van der Waals surface area contributed by atoms with E-state index < -0.39 is 0 Å². The molecule has 0 saturated heterocycles. The topological polar surface area (TPSA) is 43.6 Å². The van der Waals surface area contributed by atoms with E-state index in [0.29, 0.717) is 0 Å². The van der Waals surface area contributed by atoms with Gasteiger partial charge in [0.25, 0.3) is 0 Å². The van der Waals surface area contributed by atoms with Crippen molar-refractivity contribution in [1.29, 1.82) is 0 Å². The first-order chi connectivity index (χ1) is 7.81. The summed E-state index contributed by atoms with van der Waals surface area (Å²) in [6.07, 6.45) is 5.55. The monoisotopic (exact) mass is 214 g/mol. The van der Waals surface area contributed by atoms with Crippen LogP contribution in [0.1, 0.15) is 25.2 Å². The van der Waals surface area contributed by atoms with Gasteiger partial charge in [0.2, 0.25) is 0 Å². The Hall–Kier alpha value is -1.97. The molecule has 2 heterocycles. The van der Waals surface area contributed by atoms with Crippen molar-refractivity contribution in [1.82, 2.24) is 20.0 Å². The Morgan fingerprint density at radius 2 is 2.25 bits per heavy atom. The minimum atomic E-state index is 0.868. The molecule has 0 amide bonds. The Morgan fingerprint density at radius 1 is 1.38 bits per heavy atom. The zero-order valence-electron chi connectivity index (χ0n) is 9.46. The fourth-order valence-electron chi connectivity index (χ4n) is 1.54. The van der Waals surface area contributed by atoms with Crippen molar-refractivity contribution >= 4 is 11.6 Å². The van der Waals surface area contributed by atoms with E-state index >= 15 is 0 Å². The smallest absolute Gasteiger partial charge is 0.0887 e. The van der Waals surface area contributed by atoms with Gasteiger partial charge in [-0.3, -0.25) is 4.68 Å². The van der Waals surface area contributed by atoms with Crippen molar-refractivity contribution in [3.63, 3.8) is 0 Å². The number of rotatable bonds is 3. The van der Waals surface area contributed by atoms with Gasteiger partial charge < -0.3 is 0 Å². The molecule has 0 fully saturated rings. The minimum absolute atomic E-state index is 0.868. The summed E-state index contributed by atoms with van der Waals surface area (Å²) in [7, 11) is 0. The van der Waals surface area contributed by atoms with Gasteiger partial charge in [-0.15, -0.1) is 0 Å². The molecule has 0 atom stereocenters. The van der Waals surface area contributed by atoms with Crippen molar-refractivity contribution < 1.29 is 0 Å². The highest BCUT2D eigenvalue weighted by Gasteiger charge is 2.00. The van der Waals surface area contributed by atoms with Crippen LogP contribution in [0.2, 0.25) is 0 Å². The average molecular weight is 214 g/mol. The number of allylic oxidation sites excluding steroid dienone is 1. The molecule has 0 unspecified atom stereocenters. The van der Waals surface area contributed by atoms with E-state index in [1.807, 2.05) is 29.8 Å². The van der Waals surface area contributed by atoms with Crippen LogP contribution in [-0.4, -0.2) is 20.0 Å². The van der Waals surface area contributed by atoms with E-state index in [9.17, 15) is 0 Å². The Morgan fingerprint density at radius 3 is 2.94 bits per heavy atom. The summed E-state index contributed by atoms with van der Waals surface area (Å²) < 4.78 is 1.94. The first-order valence-corrected chi connectivity index (χ1v) is 5.29. The maximum absolute atomic E-state index is 4.22. The van der Waals surface area contributed by atoms with Crippen LogP contribution in [0.5, 0.6) is 0 Å². The van der Waals surface area contributed by atoms with E-state index in [1.165, 1.54) is 0 Å². The molecule has 0 radical (unpaired) electrons. The molecule has 4 nitrogen and oxygen atoms in total. The van der Waals surface area contributed by atoms with E-state index in [2.05, 4.69) is 28.3 Å². The molecule has 4 heteroatoms. The summed E-state index contributed by atoms with van der Waals surface area (Å²) in [5.74, 6) is 0. The first kappa shape index (κ1) is 10.5. The lowest BCUT2D eigenvalue weighted by atomic mass is 10.2. The van der Waals surface area contributed by atoms with Crippen LogP contribution < -0.4 is 0 Å². The SMILES string of the molecule is CCn1nccc1/C=C(\C)c1cccnn1. The Labute approximate surface area is 94.6 Å². The lowest BCUT2D eigenvalue weighted by Crippen LogP contribution is -1.98. The number of aryl methyl sites for hydroxylation is 1. The summed E-state index contributed by atoms with van der Waals surface area (Å²) in [6, 6.07) is 5.83. The molecule has 2 rings (SSSR count). The van der Waals surface area contributed by atoms with Crippen LogP contribution in [0.25, 0.3) is 11.6 Å². The minimum Gasteiger partial charge on any atom is -0.266 e. The van der Waals surface area contributed by atoms with Gasteiger partial charge in [0, 0.05) is 18.9 Å². The van der Waals surface area contributed by atoms with E-state index in [-0.39, 0.29) is 0 Å². The molecule has 0 spiro atoms. The molecule has 0 aliphatic heterocycles. The molecule has 2 aromatic rings. The molecule has 82 valence electrons. The number of hydrogen-bond acceptors (Lipinski definition) is 3. The number of hydrogen-bond donors (Lipinski definition) is 0. The third-order valence-electron chi connectivity index (χ3n) is 2.39. The standard InChI is InChI=1S/C12H14N4/c1-3-16-11(6-8-14-16)9-10(2)12-5-4-7-13-15-12/h4-9H,3H2,1-2H3/b10-9+. The summed E-state index contributed by atoms with van der Waals surface area (Å²) in [4.78, 5) is 0. The highest BCUT2D eigenvalue weighted by Crippen LogP contribution is 2.14. The molecule has 0 bridgehead atoms. The fourth-order valence-corrected chi connectivity index (χ4v) is 1.54. The molecular weight excluding hydrogens is 200 g/mol. The van der Waals surface area contributed by atoms with Gasteiger partial charge in [0.05, 0.1) is 11.4 Å². The zero-order chi connectivity index (χ0) is 11.4. The predicted octanol–water partition coefficient (Wildman–Crippen LogP) is 2.25. The summed E-state index contributed by atoms with van der Waals surface area (Å²) in [5, 5.41) is 12.1. The average Bonchev–Trinajstić information content (AvgIpc) is 2.77. The Balaban J connectivity index is 2.31. The molecule has 0 N–H and O–H groups in total. The van der Waals surface area contributed by atoms with Crippen molar-refractivity contribution in [2.45, 2.75) is 20.4 Å². The summed E-state index contributed by atoms with van der Waals surface area (Å²) >= 11 is 0. The van der Waals surface area contributed by atoms with Crippen molar-refractivity contribution in [2.24, 2.45) is 0 Å². The van der Waals surface area contributed by atoms with Gasteiger partial charge in [-0.1, -0.05) is 0 Å². The molecule has 0 aromatic carbocycles. The molecule has 0 aliphatic rings. The lowest BCUT2D eigenvalue weighted by molar-refractivity contribution is 0.654. The highest BCUT2D eigenvalue weighted by molar-refractivity contribution is 5.77. The maximum atomic E-state index is 4.22. The second-order valence-corrected chi connectivity index (χ2v) is 3.51. The van der Waals surface area contributed by atoms with Crippen molar-refractivity contribution in [3.8, 4) is 0 Å². The molecular formula is C12H14N4. The highest BCUT2D eigenvalue weighted by atomic mass is 15.3. The van der Waals surface area contributed by atoms with Crippen LogP contribution in [-0.2, 0) is 6.54 Å². The van der Waals surface area contributed by atoms with Crippen LogP contribution in [0, 0.1) is 0 Å². The molecule has 0 aliphatic carbocycles. The van der Waals surface area contributed by atoms with Crippen molar-refractivity contribution in [3.05, 3.63) is 42.0 Å². The third-order valence-corrected chi connectivity index (χ3v) is 2.39. The Bertz CT molecular complexity index is 485. The van der Waals surface area contributed by atoms with Gasteiger partial charge in [0.1, 0.15) is 0 Å². The van der Waals surface area contributed by atoms with Gasteiger partial charge in [-0.2, -0.15) is 15.3 Å². The van der Waals surface area contributed by atoms with Crippen molar-refractivity contribution in [2.75, 3.05) is 0 Å². The zero-order valence-corrected chi connectivity index (χ0v) is 9.46. The summed E-state index contributed by atoms with van der Waals surface area (Å²) in [6.45, 7) is 4.96. The maximum Gasteiger partial charge on any atom is 0.0887 e. The number of nitrogens with zero attached hydrogens (tertiary/aromatic N) is 4. The fraction of sp³-hybridized carbons (Fsp3) is 0.250. The molecule has 2 aromatic heterocycles. The van der Waals surface area contributed by atoms with E-state index in [1.54, 1.807) is 12.4 Å². The van der Waals surface area contributed by atoms with Gasteiger partial charge in [-0.25, -0.2) is 0 Å². The quantitative estimate of drug-likeness (QED) is 0.787. The first-order valence-electron chi connectivity index (χ1n) is 5.29. The lowest BCUT2D eigenvalue weighted by Gasteiger charge is -2.02. The Kier molecular flexibility index (Phi) is 3.10. The second kappa shape index (κ2) is 4.70. The van der Waals surface area contributed by atoms with Gasteiger partial charge >= 0.3 is 0 Å². The predicted molar refractivity (Wildman–Crippen MR) is 63.5 cm³/mol. The normalized spacial score (nSPS) is 11.8. The number of aromatic nitrogens is 4. The summed E-state index contributed by atoms with van der Waals surface area (Å²) in [5.41, 5.74) is 3.07. The van der Waals surface area contributed by atoms with Crippen LogP contribution in [0.3, 0.4) is 0 Å². The molecule has 0 saturated carbocycles. The van der Waals surface area contributed by atoms with Gasteiger partial charge in [-0.05, 0) is 43.7 Å². The van der Waals surface area contributed by atoms with Crippen LogP contribution >= 0.6 is 0 Å². The van der Waals surface area contributed by atoms with Gasteiger partial charge in [0.15, 0.2) is 0 Å².